The molecule has 0 aliphatic carbocycles. The van der Waals surface area contributed by atoms with Crippen molar-refractivity contribution in [2.24, 2.45) is 0 Å². The predicted octanol–water partition coefficient (Wildman–Crippen LogP) is 3.89. The molecule has 3 heterocycles. The Bertz CT molecular complexity index is 972. The van der Waals surface area contributed by atoms with E-state index in [9.17, 15) is 0 Å². The van der Waals surface area contributed by atoms with Crippen LogP contribution in [0.1, 0.15) is 23.7 Å². The molecule has 5 nitrogen and oxygen atoms in total. The average Bonchev–Trinajstić information content (AvgIpc) is 2.73. The first-order valence-corrected chi connectivity index (χ1v) is 10.5. The first kappa shape index (κ1) is 19.6. The summed E-state index contributed by atoms with van der Waals surface area (Å²) < 4.78 is 0. The van der Waals surface area contributed by atoms with Gasteiger partial charge in [0.2, 0.25) is 0 Å². The van der Waals surface area contributed by atoms with E-state index in [1.54, 1.807) is 0 Å². The van der Waals surface area contributed by atoms with E-state index >= 15 is 0 Å². The molecular formula is C24H31N5. The topological polar surface area (TPSA) is 35.5 Å². The molecule has 0 N–H and O–H groups in total. The lowest BCUT2D eigenvalue weighted by Gasteiger charge is -2.38. The first-order valence-electron chi connectivity index (χ1n) is 10.5. The number of piperazine rings is 1. The van der Waals surface area contributed by atoms with E-state index in [0.29, 0.717) is 0 Å². The monoisotopic (exact) mass is 389 g/mol. The SMILES string of the molecule is CCc1c(C)nc2ccccc2c1N1CCN(c2ccc(CN(C)C)cn2)CC1. The zero-order valence-electron chi connectivity index (χ0n) is 18.0. The molecule has 0 spiro atoms. The standard InChI is InChI=1S/C24H31N5/c1-5-20-18(2)26-22-9-7-6-8-21(22)24(20)29-14-12-28(13-15-29)23-11-10-19(16-25-23)17-27(3)4/h6-11,16H,5,12-15,17H2,1-4H3. The number of benzene rings is 1. The summed E-state index contributed by atoms with van der Waals surface area (Å²) in [7, 11) is 4.17. The van der Waals surface area contributed by atoms with Crippen LogP contribution in [0.2, 0.25) is 0 Å². The van der Waals surface area contributed by atoms with Crippen LogP contribution in [0.15, 0.2) is 42.6 Å². The maximum Gasteiger partial charge on any atom is 0.128 e. The molecule has 1 aliphatic heterocycles. The lowest BCUT2D eigenvalue weighted by Crippen LogP contribution is -2.47. The number of aryl methyl sites for hydroxylation is 1. The van der Waals surface area contributed by atoms with Crippen molar-refractivity contribution in [1.82, 2.24) is 14.9 Å². The quantitative estimate of drug-likeness (QED) is 0.662. The maximum absolute atomic E-state index is 4.84. The van der Waals surface area contributed by atoms with Crippen LogP contribution in [-0.4, -0.2) is 55.1 Å². The summed E-state index contributed by atoms with van der Waals surface area (Å²) in [4.78, 5) is 16.7. The second kappa shape index (κ2) is 8.37. The summed E-state index contributed by atoms with van der Waals surface area (Å²) in [6.45, 7) is 9.28. The summed E-state index contributed by atoms with van der Waals surface area (Å²) >= 11 is 0. The molecule has 1 saturated heterocycles. The van der Waals surface area contributed by atoms with Crippen molar-refractivity contribution in [3.05, 3.63) is 59.4 Å². The van der Waals surface area contributed by atoms with Gasteiger partial charge in [-0.15, -0.1) is 0 Å². The molecule has 4 rings (SSSR count). The normalized spacial score (nSPS) is 14.8. The van der Waals surface area contributed by atoms with Crippen molar-refractivity contribution in [2.45, 2.75) is 26.8 Å². The minimum Gasteiger partial charge on any atom is -0.367 e. The number of hydrogen-bond donors (Lipinski definition) is 0. The summed E-state index contributed by atoms with van der Waals surface area (Å²) in [5.41, 5.74) is 6.26. The van der Waals surface area contributed by atoms with Crippen LogP contribution < -0.4 is 9.80 Å². The summed E-state index contributed by atoms with van der Waals surface area (Å²) in [5.74, 6) is 1.08. The molecule has 1 aliphatic rings. The fourth-order valence-electron chi connectivity index (χ4n) is 4.36. The Kier molecular flexibility index (Phi) is 5.67. The number of anilines is 2. The molecule has 3 aromatic rings. The van der Waals surface area contributed by atoms with Crippen molar-refractivity contribution < 1.29 is 0 Å². The number of fused-ring (bicyclic) bond motifs is 1. The zero-order chi connectivity index (χ0) is 20.4. The largest absolute Gasteiger partial charge is 0.367 e. The Morgan fingerprint density at radius 2 is 1.69 bits per heavy atom. The molecule has 1 aromatic carbocycles. The number of hydrogen-bond acceptors (Lipinski definition) is 5. The van der Waals surface area contributed by atoms with Crippen molar-refractivity contribution in [3.63, 3.8) is 0 Å². The molecule has 29 heavy (non-hydrogen) atoms. The van der Waals surface area contributed by atoms with Crippen molar-refractivity contribution in [2.75, 3.05) is 50.1 Å². The molecule has 0 bridgehead atoms. The predicted molar refractivity (Wildman–Crippen MR) is 122 cm³/mol. The third-order valence-corrected chi connectivity index (χ3v) is 5.75. The second-order valence-corrected chi connectivity index (χ2v) is 8.13. The summed E-state index contributed by atoms with van der Waals surface area (Å²) in [5, 5.41) is 1.27. The highest BCUT2D eigenvalue weighted by atomic mass is 15.3. The Balaban J connectivity index is 1.54. The Morgan fingerprint density at radius 3 is 2.34 bits per heavy atom. The molecule has 2 aromatic heterocycles. The lowest BCUT2D eigenvalue weighted by molar-refractivity contribution is 0.402. The van der Waals surface area contributed by atoms with Crippen molar-refractivity contribution in [1.29, 1.82) is 0 Å². The number of aromatic nitrogens is 2. The third kappa shape index (κ3) is 4.06. The molecule has 152 valence electrons. The van der Waals surface area contributed by atoms with Crippen LogP contribution in [0.3, 0.4) is 0 Å². The minimum atomic E-state index is 0.926. The van der Waals surface area contributed by atoms with Gasteiger partial charge in [0.15, 0.2) is 0 Å². The molecule has 0 amide bonds. The van der Waals surface area contributed by atoms with Crippen LogP contribution in [0, 0.1) is 6.92 Å². The fourth-order valence-corrected chi connectivity index (χ4v) is 4.36. The van der Waals surface area contributed by atoms with E-state index in [0.717, 1.165) is 56.2 Å². The summed E-state index contributed by atoms with van der Waals surface area (Å²) in [6.07, 6.45) is 3.02. The highest BCUT2D eigenvalue weighted by Gasteiger charge is 2.23. The maximum atomic E-state index is 4.84. The Morgan fingerprint density at radius 1 is 0.966 bits per heavy atom. The van der Waals surface area contributed by atoms with Gasteiger partial charge in [-0.05, 0) is 50.7 Å². The lowest BCUT2D eigenvalue weighted by atomic mass is 10.0. The van der Waals surface area contributed by atoms with Gasteiger partial charge in [-0.25, -0.2) is 4.98 Å². The Labute approximate surface area is 174 Å². The van der Waals surface area contributed by atoms with Gasteiger partial charge < -0.3 is 14.7 Å². The van der Waals surface area contributed by atoms with Gasteiger partial charge in [-0.3, -0.25) is 4.98 Å². The number of rotatable bonds is 5. The van der Waals surface area contributed by atoms with E-state index in [2.05, 4.69) is 79.0 Å². The summed E-state index contributed by atoms with van der Waals surface area (Å²) in [6, 6.07) is 12.9. The van der Waals surface area contributed by atoms with Crippen LogP contribution in [0.5, 0.6) is 0 Å². The molecule has 0 radical (unpaired) electrons. The van der Waals surface area contributed by atoms with Crippen molar-refractivity contribution in [3.8, 4) is 0 Å². The van der Waals surface area contributed by atoms with Gasteiger partial charge in [0.1, 0.15) is 5.82 Å². The first-order chi connectivity index (χ1) is 14.1. The van der Waals surface area contributed by atoms with Gasteiger partial charge in [0, 0.05) is 50.0 Å². The Hall–Kier alpha value is -2.66. The van der Waals surface area contributed by atoms with Crippen LogP contribution in [-0.2, 0) is 13.0 Å². The molecule has 0 saturated carbocycles. The van der Waals surface area contributed by atoms with Crippen LogP contribution >= 0.6 is 0 Å². The van der Waals surface area contributed by atoms with Gasteiger partial charge >= 0.3 is 0 Å². The molecule has 1 fully saturated rings. The van der Waals surface area contributed by atoms with E-state index in [4.69, 9.17) is 9.97 Å². The smallest absolute Gasteiger partial charge is 0.128 e. The molecule has 5 heteroatoms. The molecule has 0 atom stereocenters. The van der Waals surface area contributed by atoms with Gasteiger partial charge in [-0.1, -0.05) is 31.2 Å². The molecular weight excluding hydrogens is 358 g/mol. The van der Waals surface area contributed by atoms with E-state index in [1.807, 2.05) is 6.20 Å². The van der Waals surface area contributed by atoms with Gasteiger partial charge in [0.05, 0.1) is 11.2 Å². The average molecular weight is 390 g/mol. The van der Waals surface area contributed by atoms with E-state index in [-0.39, 0.29) is 0 Å². The zero-order valence-corrected chi connectivity index (χ0v) is 18.0. The highest BCUT2D eigenvalue weighted by molar-refractivity contribution is 5.94. The second-order valence-electron chi connectivity index (χ2n) is 8.13. The van der Waals surface area contributed by atoms with Crippen molar-refractivity contribution >= 4 is 22.4 Å². The number of nitrogens with zero attached hydrogens (tertiary/aromatic N) is 5. The van der Waals surface area contributed by atoms with Gasteiger partial charge in [-0.2, -0.15) is 0 Å². The van der Waals surface area contributed by atoms with Crippen LogP contribution in [0.25, 0.3) is 10.9 Å². The fraction of sp³-hybridized carbons (Fsp3) is 0.417. The highest BCUT2D eigenvalue weighted by Crippen LogP contribution is 2.33. The third-order valence-electron chi connectivity index (χ3n) is 5.75. The minimum absolute atomic E-state index is 0.926. The number of para-hydroxylation sites is 1. The van der Waals surface area contributed by atoms with E-state index in [1.165, 1.54) is 22.2 Å². The van der Waals surface area contributed by atoms with E-state index < -0.39 is 0 Å². The number of pyridine rings is 2. The van der Waals surface area contributed by atoms with Crippen LogP contribution in [0.4, 0.5) is 11.5 Å². The molecule has 0 unspecified atom stereocenters. The van der Waals surface area contributed by atoms with Gasteiger partial charge in [0.25, 0.3) is 0 Å².